The smallest absolute Gasteiger partial charge is 0.115 e. The lowest BCUT2D eigenvalue weighted by Gasteiger charge is -1.92. The molecule has 0 aromatic heterocycles. The van der Waals surface area contributed by atoms with E-state index in [2.05, 4.69) is 12.7 Å². The second-order valence-electron chi connectivity index (χ2n) is 1.84. The minimum absolute atomic E-state index is 0.818. The van der Waals surface area contributed by atoms with E-state index < -0.39 is 0 Å². The molecule has 1 rings (SSSR count). The van der Waals surface area contributed by atoms with Crippen molar-refractivity contribution in [3.8, 4) is 0 Å². The molecule has 1 heterocycles. The maximum absolute atomic E-state index is 5.09. The van der Waals surface area contributed by atoms with Crippen LogP contribution < -0.4 is 0 Å². The van der Waals surface area contributed by atoms with E-state index in [1.54, 1.807) is 0 Å². The number of hydrogen-bond donors (Lipinski definition) is 0. The van der Waals surface area contributed by atoms with Crippen molar-refractivity contribution in [2.24, 2.45) is 0 Å². The first kappa shape index (κ1) is 5.42. The van der Waals surface area contributed by atoms with Gasteiger partial charge in [-0.15, -0.1) is 0 Å². The third-order valence-corrected chi connectivity index (χ3v) is 1.35. The predicted molar refractivity (Wildman–Crippen MR) is 33.5 cm³/mol. The summed E-state index contributed by atoms with van der Waals surface area (Å²) >= 11 is 0. The molecule has 44 valence electrons. The van der Waals surface area contributed by atoms with E-state index in [0.29, 0.717) is 0 Å². The molecule has 1 saturated heterocycles. The Morgan fingerprint density at radius 2 is 2.50 bits per heavy atom. The van der Waals surface area contributed by atoms with Crippen molar-refractivity contribution < 1.29 is 4.74 Å². The highest BCUT2D eigenvalue weighted by atomic mass is 16.5. The lowest BCUT2D eigenvalue weighted by Crippen LogP contribution is -1.74. The third-order valence-electron chi connectivity index (χ3n) is 1.35. The maximum Gasteiger partial charge on any atom is 0.115 e. The maximum atomic E-state index is 5.09. The predicted octanol–water partition coefficient (Wildman–Crippen LogP) is 1.87. The normalized spacial score (nSPS) is 24.1. The Kier molecular flexibility index (Phi) is 1.38. The van der Waals surface area contributed by atoms with Crippen LogP contribution in [0.15, 0.2) is 24.0 Å². The number of rotatable bonds is 0. The lowest BCUT2D eigenvalue weighted by atomic mass is 10.2. The Bertz CT molecular complexity index is 133. The Morgan fingerprint density at radius 1 is 1.75 bits per heavy atom. The van der Waals surface area contributed by atoms with Crippen LogP contribution in [0.1, 0.15) is 13.3 Å². The van der Waals surface area contributed by atoms with E-state index in [-0.39, 0.29) is 0 Å². The largest absolute Gasteiger partial charge is 0.494 e. The summed E-state index contributed by atoms with van der Waals surface area (Å²) in [6, 6.07) is 0. The van der Waals surface area contributed by atoms with Gasteiger partial charge in [0.1, 0.15) is 5.76 Å². The van der Waals surface area contributed by atoms with E-state index in [9.17, 15) is 0 Å². The highest BCUT2D eigenvalue weighted by Crippen LogP contribution is 2.20. The molecule has 0 N–H and O–H groups in total. The van der Waals surface area contributed by atoms with Gasteiger partial charge in [-0.05, 0) is 12.5 Å². The van der Waals surface area contributed by atoms with Crippen LogP contribution in [0.4, 0.5) is 0 Å². The molecule has 8 heavy (non-hydrogen) atoms. The topological polar surface area (TPSA) is 9.23 Å². The van der Waals surface area contributed by atoms with Crippen molar-refractivity contribution >= 4 is 0 Å². The highest BCUT2D eigenvalue weighted by molar-refractivity contribution is 5.25. The van der Waals surface area contributed by atoms with Crippen LogP contribution in [-0.2, 0) is 4.74 Å². The van der Waals surface area contributed by atoms with Gasteiger partial charge < -0.3 is 4.74 Å². The summed E-state index contributed by atoms with van der Waals surface area (Å²) in [5.74, 6) is 0.854. The van der Waals surface area contributed by atoms with Crippen molar-refractivity contribution in [3.63, 3.8) is 0 Å². The SMILES string of the molecule is C=C1OCC/C1=C\C. The molecule has 0 spiro atoms. The van der Waals surface area contributed by atoms with Crippen molar-refractivity contribution in [2.75, 3.05) is 6.61 Å². The fourth-order valence-corrected chi connectivity index (χ4v) is 0.822. The van der Waals surface area contributed by atoms with Gasteiger partial charge in [-0.3, -0.25) is 0 Å². The lowest BCUT2D eigenvalue weighted by molar-refractivity contribution is 0.267. The van der Waals surface area contributed by atoms with Crippen molar-refractivity contribution in [1.29, 1.82) is 0 Å². The van der Waals surface area contributed by atoms with Crippen LogP contribution in [0.2, 0.25) is 0 Å². The van der Waals surface area contributed by atoms with Crippen LogP contribution in [0, 0.1) is 0 Å². The molecule has 0 atom stereocenters. The summed E-state index contributed by atoms with van der Waals surface area (Å²) < 4.78 is 5.09. The second kappa shape index (κ2) is 2.03. The number of allylic oxidation sites excluding steroid dienone is 2. The minimum atomic E-state index is 0.818. The molecule has 1 nitrogen and oxygen atoms in total. The van der Waals surface area contributed by atoms with Crippen molar-refractivity contribution in [2.45, 2.75) is 13.3 Å². The Balaban J connectivity index is 2.69. The van der Waals surface area contributed by atoms with Crippen molar-refractivity contribution in [1.82, 2.24) is 0 Å². The van der Waals surface area contributed by atoms with Gasteiger partial charge in [-0.25, -0.2) is 0 Å². The molecule has 0 bridgehead atoms. The van der Waals surface area contributed by atoms with Crippen LogP contribution in [0.5, 0.6) is 0 Å². The molecule has 0 aliphatic carbocycles. The molecule has 1 aliphatic rings. The summed E-state index contributed by atoms with van der Waals surface area (Å²) in [6.07, 6.45) is 3.09. The van der Waals surface area contributed by atoms with E-state index in [4.69, 9.17) is 4.74 Å². The first-order chi connectivity index (χ1) is 3.84. The van der Waals surface area contributed by atoms with Crippen LogP contribution >= 0.6 is 0 Å². The molecule has 1 heteroatoms. The zero-order valence-corrected chi connectivity index (χ0v) is 5.11. The summed E-state index contributed by atoms with van der Waals surface area (Å²) in [5.41, 5.74) is 1.25. The van der Waals surface area contributed by atoms with Gasteiger partial charge >= 0.3 is 0 Å². The average molecular weight is 110 g/mol. The quantitative estimate of drug-likeness (QED) is 0.462. The van der Waals surface area contributed by atoms with E-state index >= 15 is 0 Å². The Hall–Kier alpha value is -0.720. The van der Waals surface area contributed by atoms with Crippen LogP contribution in [-0.4, -0.2) is 6.61 Å². The third kappa shape index (κ3) is 0.760. The summed E-state index contributed by atoms with van der Waals surface area (Å²) in [6.45, 7) is 6.54. The average Bonchev–Trinajstić information content (AvgIpc) is 2.14. The zero-order chi connectivity index (χ0) is 5.98. The summed E-state index contributed by atoms with van der Waals surface area (Å²) in [4.78, 5) is 0. The van der Waals surface area contributed by atoms with Gasteiger partial charge in [-0.2, -0.15) is 0 Å². The summed E-state index contributed by atoms with van der Waals surface area (Å²) in [7, 11) is 0. The molecular weight excluding hydrogens is 100 g/mol. The fraction of sp³-hybridized carbons (Fsp3) is 0.429. The molecule has 0 amide bonds. The molecular formula is C7H10O. The van der Waals surface area contributed by atoms with Gasteiger partial charge in [-0.1, -0.05) is 12.7 Å². The van der Waals surface area contributed by atoms with Gasteiger partial charge in [0, 0.05) is 6.42 Å². The summed E-state index contributed by atoms with van der Waals surface area (Å²) in [5, 5.41) is 0. The minimum Gasteiger partial charge on any atom is -0.494 e. The van der Waals surface area contributed by atoms with Gasteiger partial charge in [0.15, 0.2) is 0 Å². The Morgan fingerprint density at radius 3 is 2.75 bits per heavy atom. The van der Waals surface area contributed by atoms with E-state index in [1.165, 1.54) is 5.57 Å². The van der Waals surface area contributed by atoms with Gasteiger partial charge in [0.25, 0.3) is 0 Å². The molecule has 0 aromatic rings. The number of ether oxygens (including phenoxy) is 1. The molecule has 1 fully saturated rings. The molecule has 0 radical (unpaired) electrons. The van der Waals surface area contributed by atoms with Crippen molar-refractivity contribution in [3.05, 3.63) is 24.0 Å². The van der Waals surface area contributed by atoms with Gasteiger partial charge in [0.2, 0.25) is 0 Å². The molecule has 1 aliphatic heterocycles. The molecule has 0 aromatic carbocycles. The Labute approximate surface area is 49.7 Å². The van der Waals surface area contributed by atoms with Crippen LogP contribution in [0.3, 0.4) is 0 Å². The van der Waals surface area contributed by atoms with Gasteiger partial charge in [0.05, 0.1) is 6.61 Å². The van der Waals surface area contributed by atoms with E-state index in [0.717, 1.165) is 18.8 Å². The second-order valence-corrected chi connectivity index (χ2v) is 1.84. The highest BCUT2D eigenvalue weighted by Gasteiger charge is 2.09. The number of hydrogen-bond acceptors (Lipinski definition) is 1. The standard InChI is InChI=1S/C7H10O/c1-3-7-4-5-8-6(7)2/h3H,2,4-5H2,1H3/b7-3+. The first-order valence-electron chi connectivity index (χ1n) is 2.82. The molecule has 0 unspecified atom stereocenters. The zero-order valence-electron chi connectivity index (χ0n) is 5.11. The van der Waals surface area contributed by atoms with Crippen LogP contribution in [0.25, 0.3) is 0 Å². The first-order valence-corrected chi connectivity index (χ1v) is 2.82. The van der Waals surface area contributed by atoms with E-state index in [1.807, 2.05) is 6.92 Å². The molecule has 0 saturated carbocycles. The fourth-order valence-electron chi connectivity index (χ4n) is 0.822. The monoisotopic (exact) mass is 110 g/mol.